The van der Waals surface area contributed by atoms with Gasteiger partial charge in [-0.2, -0.15) is 0 Å². The second-order valence-corrected chi connectivity index (χ2v) is 7.60. The van der Waals surface area contributed by atoms with E-state index in [-0.39, 0.29) is 18.4 Å². The Labute approximate surface area is 150 Å². The Morgan fingerprint density at radius 2 is 1.96 bits per heavy atom. The smallest absolute Gasteiger partial charge is 0.240 e. The summed E-state index contributed by atoms with van der Waals surface area (Å²) in [5.41, 5.74) is 2.77. The molecule has 0 radical (unpaired) electrons. The summed E-state index contributed by atoms with van der Waals surface area (Å²) in [6, 6.07) is 8.95. The Kier molecular flexibility index (Phi) is 7.25. The molecule has 2 saturated heterocycles. The fourth-order valence-corrected chi connectivity index (χ4v) is 4.27. The summed E-state index contributed by atoms with van der Waals surface area (Å²) in [6.07, 6.45) is 4.75. The summed E-state index contributed by atoms with van der Waals surface area (Å²) in [7, 11) is 0. The molecule has 1 aromatic rings. The van der Waals surface area contributed by atoms with Gasteiger partial charge < -0.3 is 4.90 Å². The monoisotopic (exact) mass is 354 g/mol. The van der Waals surface area contributed by atoms with Crippen molar-refractivity contribution in [3.63, 3.8) is 0 Å². The lowest BCUT2D eigenvalue weighted by Gasteiger charge is -2.33. The second-order valence-electron chi connectivity index (χ2n) is 6.56. The van der Waals surface area contributed by atoms with Gasteiger partial charge in [0.15, 0.2) is 0 Å². The van der Waals surface area contributed by atoms with E-state index >= 15 is 0 Å². The van der Waals surface area contributed by atoms with E-state index in [2.05, 4.69) is 41.4 Å². The van der Waals surface area contributed by atoms with Gasteiger partial charge >= 0.3 is 0 Å². The van der Waals surface area contributed by atoms with Gasteiger partial charge in [-0.25, -0.2) is 0 Å². The Morgan fingerprint density at radius 1 is 1.26 bits per heavy atom. The van der Waals surface area contributed by atoms with Gasteiger partial charge in [-0.1, -0.05) is 29.8 Å². The molecule has 0 bridgehead atoms. The van der Waals surface area contributed by atoms with Crippen molar-refractivity contribution >= 4 is 30.1 Å². The minimum atomic E-state index is 0. The number of carbonyl (C=O) groups excluding carboxylic acids is 1. The van der Waals surface area contributed by atoms with Crippen LogP contribution in [0.4, 0.5) is 0 Å². The van der Waals surface area contributed by atoms with Gasteiger partial charge in [0, 0.05) is 24.7 Å². The van der Waals surface area contributed by atoms with Crippen molar-refractivity contribution in [2.45, 2.75) is 38.6 Å². The first-order valence-corrected chi connectivity index (χ1v) is 9.53. The highest BCUT2D eigenvalue weighted by Gasteiger charge is 2.29. The predicted molar refractivity (Wildman–Crippen MR) is 100 cm³/mol. The second kappa shape index (κ2) is 8.95. The number of halogens is 1. The minimum absolute atomic E-state index is 0. The normalized spacial score (nSPS) is 22.0. The molecule has 128 valence electrons. The predicted octanol–water partition coefficient (Wildman–Crippen LogP) is 3.25. The van der Waals surface area contributed by atoms with E-state index in [0.29, 0.717) is 5.91 Å². The van der Waals surface area contributed by atoms with Crippen molar-refractivity contribution in [3.05, 3.63) is 35.4 Å². The van der Waals surface area contributed by atoms with E-state index in [4.69, 9.17) is 0 Å². The van der Waals surface area contributed by atoms with Crippen LogP contribution in [0.25, 0.3) is 0 Å². The number of hydrogen-bond donors (Lipinski definition) is 1. The summed E-state index contributed by atoms with van der Waals surface area (Å²) in [4.78, 5) is 14.4. The quantitative estimate of drug-likeness (QED) is 0.900. The maximum absolute atomic E-state index is 12.4. The Balaban J connectivity index is 0.00000192. The van der Waals surface area contributed by atoms with Gasteiger partial charge in [0.25, 0.3) is 0 Å². The SMILES string of the molecule is Cc1ccc(CCC2CCN(C(=O)C3CSCN3)CC2)cc1.Cl. The number of carbonyl (C=O) groups is 1. The molecule has 0 aromatic heterocycles. The lowest BCUT2D eigenvalue weighted by molar-refractivity contribution is -0.134. The van der Waals surface area contributed by atoms with Crippen LogP contribution in [-0.4, -0.2) is 41.6 Å². The van der Waals surface area contributed by atoms with Crippen molar-refractivity contribution < 1.29 is 4.79 Å². The molecule has 23 heavy (non-hydrogen) atoms. The highest BCUT2D eigenvalue weighted by Crippen LogP contribution is 2.24. The van der Waals surface area contributed by atoms with Gasteiger partial charge in [0.1, 0.15) is 0 Å². The maximum atomic E-state index is 12.4. The van der Waals surface area contributed by atoms with E-state index in [1.807, 2.05) is 11.8 Å². The highest BCUT2D eigenvalue weighted by atomic mass is 35.5. The van der Waals surface area contributed by atoms with Gasteiger partial charge in [0.05, 0.1) is 6.04 Å². The lowest BCUT2D eigenvalue weighted by atomic mass is 9.90. The average Bonchev–Trinajstić information content (AvgIpc) is 3.09. The molecule has 3 nitrogen and oxygen atoms in total. The molecule has 0 aliphatic carbocycles. The Morgan fingerprint density at radius 3 is 2.57 bits per heavy atom. The molecule has 1 atom stereocenters. The molecular weight excluding hydrogens is 328 g/mol. The lowest BCUT2D eigenvalue weighted by Crippen LogP contribution is -2.48. The number of benzene rings is 1. The number of aryl methyl sites for hydroxylation is 2. The van der Waals surface area contributed by atoms with Crippen LogP contribution in [0.15, 0.2) is 24.3 Å². The maximum Gasteiger partial charge on any atom is 0.240 e. The molecule has 0 spiro atoms. The zero-order chi connectivity index (χ0) is 15.4. The van der Waals surface area contributed by atoms with Crippen LogP contribution in [0.1, 0.15) is 30.4 Å². The van der Waals surface area contributed by atoms with E-state index in [9.17, 15) is 4.79 Å². The third kappa shape index (κ3) is 5.13. The van der Waals surface area contributed by atoms with Crippen LogP contribution in [-0.2, 0) is 11.2 Å². The van der Waals surface area contributed by atoms with Crippen LogP contribution in [0.2, 0.25) is 0 Å². The largest absolute Gasteiger partial charge is 0.341 e. The van der Waals surface area contributed by atoms with Crippen molar-refractivity contribution in [1.82, 2.24) is 10.2 Å². The number of nitrogens with zero attached hydrogens (tertiary/aromatic N) is 1. The summed E-state index contributed by atoms with van der Waals surface area (Å²) in [6.45, 7) is 4.02. The number of nitrogens with one attached hydrogen (secondary N) is 1. The summed E-state index contributed by atoms with van der Waals surface area (Å²) >= 11 is 1.82. The highest BCUT2D eigenvalue weighted by molar-refractivity contribution is 7.99. The topological polar surface area (TPSA) is 32.3 Å². The standard InChI is InChI=1S/C18H26N2OS.ClH/c1-14-2-4-15(5-3-14)6-7-16-8-10-20(11-9-16)18(21)17-12-22-13-19-17;/h2-5,16-17,19H,6-13H2,1H3;1H. The van der Waals surface area contributed by atoms with Crippen LogP contribution in [0, 0.1) is 12.8 Å². The zero-order valence-corrected chi connectivity index (χ0v) is 15.4. The fraction of sp³-hybridized carbons (Fsp3) is 0.611. The average molecular weight is 355 g/mol. The molecule has 1 unspecified atom stereocenters. The number of hydrogen-bond acceptors (Lipinski definition) is 3. The molecule has 1 N–H and O–H groups in total. The number of rotatable bonds is 4. The van der Waals surface area contributed by atoms with Gasteiger partial charge in [-0.05, 0) is 44.1 Å². The van der Waals surface area contributed by atoms with Gasteiger partial charge in [-0.3, -0.25) is 10.1 Å². The number of likely N-dealkylation sites (tertiary alicyclic amines) is 1. The summed E-state index contributed by atoms with van der Waals surface area (Å²) in [5, 5.41) is 3.29. The number of thioether (sulfide) groups is 1. The molecule has 2 aliphatic rings. The van der Waals surface area contributed by atoms with Crippen molar-refractivity contribution in [2.75, 3.05) is 24.7 Å². The van der Waals surface area contributed by atoms with E-state index < -0.39 is 0 Å². The van der Waals surface area contributed by atoms with E-state index in [0.717, 1.165) is 43.5 Å². The van der Waals surface area contributed by atoms with E-state index in [1.165, 1.54) is 24.0 Å². The zero-order valence-electron chi connectivity index (χ0n) is 13.8. The van der Waals surface area contributed by atoms with Crippen molar-refractivity contribution in [3.8, 4) is 0 Å². The van der Waals surface area contributed by atoms with Crippen LogP contribution in [0.5, 0.6) is 0 Å². The molecule has 1 aromatic carbocycles. The van der Waals surface area contributed by atoms with Gasteiger partial charge in [-0.15, -0.1) is 24.2 Å². The minimum Gasteiger partial charge on any atom is -0.341 e. The first-order valence-electron chi connectivity index (χ1n) is 8.38. The summed E-state index contributed by atoms with van der Waals surface area (Å²) in [5.74, 6) is 2.95. The molecule has 2 heterocycles. The molecule has 0 saturated carbocycles. The number of amides is 1. The van der Waals surface area contributed by atoms with Gasteiger partial charge in [0.2, 0.25) is 5.91 Å². The van der Waals surface area contributed by atoms with Crippen molar-refractivity contribution in [1.29, 1.82) is 0 Å². The van der Waals surface area contributed by atoms with Crippen molar-refractivity contribution in [2.24, 2.45) is 5.92 Å². The van der Waals surface area contributed by atoms with Crippen LogP contribution in [0.3, 0.4) is 0 Å². The molecule has 2 fully saturated rings. The molecular formula is C18H27ClN2OS. The first-order chi connectivity index (χ1) is 10.7. The van der Waals surface area contributed by atoms with Crippen LogP contribution >= 0.6 is 24.2 Å². The third-order valence-electron chi connectivity index (χ3n) is 4.90. The van der Waals surface area contributed by atoms with Crippen LogP contribution < -0.4 is 5.32 Å². The Bertz CT molecular complexity index is 494. The first kappa shape index (κ1) is 18.6. The Hall–Kier alpha value is -0.710. The molecule has 3 rings (SSSR count). The molecule has 2 aliphatic heterocycles. The number of piperidine rings is 1. The molecule has 1 amide bonds. The third-order valence-corrected chi connectivity index (χ3v) is 5.84. The van der Waals surface area contributed by atoms with E-state index in [1.54, 1.807) is 0 Å². The fourth-order valence-electron chi connectivity index (χ4n) is 3.34. The summed E-state index contributed by atoms with van der Waals surface area (Å²) < 4.78 is 0. The molecule has 5 heteroatoms.